The minimum Gasteiger partial charge on any atom is -0.349 e. The van der Waals surface area contributed by atoms with E-state index < -0.39 is 10.0 Å². The molecule has 1 aromatic heterocycles. The van der Waals surface area contributed by atoms with Crippen molar-refractivity contribution in [2.75, 3.05) is 32.7 Å². The fourth-order valence-corrected chi connectivity index (χ4v) is 7.21. The van der Waals surface area contributed by atoms with Gasteiger partial charge in [-0.3, -0.25) is 9.69 Å². The highest BCUT2D eigenvalue weighted by molar-refractivity contribution is 7.89. The standard InChI is InChI=1S/C20H33N3O3S2/c1-15-11-16(2)13-22(12-15)20(3,4)14-21-19(24)18-17(7-10-27-18)28(25,26)23-8-5-6-9-23/h7,10,15-16H,5-6,8-9,11-14H2,1-4H3,(H,21,24). The Bertz CT molecular complexity index is 787. The summed E-state index contributed by atoms with van der Waals surface area (Å²) in [6.45, 7) is 12.5. The first-order chi connectivity index (χ1) is 13.1. The van der Waals surface area contributed by atoms with Gasteiger partial charge < -0.3 is 5.32 Å². The topological polar surface area (TPSA) is 69.7 Å². The fraction of sp³-hybridized carbons (Fsp3) is 0.750. The molecule has 2 fully saturated rings. The summed E-state index contributed by atoms with van der Waals surface area (Å²) in [7, 11) is -3.59. The zero-order valence-electron chi connectivity index (χ0n) is 17.4. The minimum atomic E-state index is -3.59. The van der Waals surface area contributed by atoms with Gasteiger partial charge >= 0.3 is 0 Å². The molecule has 0 aromatic carbocycles. The lowest BCUT2D eigenvalue weighted by Crippen LogP contribution is -2.56. The third-order valence-corrected chi connectivity index (χ3v) is 8.91. The molecule has 158 valence electrons. The first kappa shape index (κ1) is 21.7. The van der Waals surface area contributed by atoms with Crippen LogP contribution in [-0.4, -0.2) is 61.8 Å². The molecule has 28 heavy (non-hydrogen) atoms. The van der Waals surface area contributed by atoms with Crippen molar-refractivity contribution in [2.45, 2.75) is 57.4 Å². The highest BCUT2D eigenvalue weighted by Gasteiger charge is 2.35. The third-order valence-electron chi connectivity index (χ3n) is 5.92. The van der Waals surface area contributed by atoms with Gasteiger partial charge in [0.05, 0.1) is 0 Å². The van der Waals surface area contributed by atoms with Gasteiger partial charge in [-0.25, -0.2) is 8.42 Å². The molecule has 1 aromatic rings. The number of carbonyl (C=O) groups is 1. The van der Waals surface area contributed by atoms with Gasteiger partial charge in [0.25, 0.3) is 5.91 Å². The number of amides is 1. The molecule has 0 saturated carbocycles. The molecular formula is C20H33N3O3S2. The molecule has 2 saturated heterocycles. The van der Waals surface area contributed by atoms with Crippen LogP contribution in [0.4, 0.5) is 0 Å². The molecule has 3 rings (SSSR count). The molecule has 2 atom stereocenters. The van der Waals surface area contributed by atoms with Gasteiger partial charge in [0.1, 0.15) is 9.77 Å². The van der Waals surface area contributed by atoms with Gasteiger partial charge in [0, 0.05) is 38.3 Å². The largest absolute Gasteiger partial charge is 0.349 e. The van der Waals surface area contributed by atoms with E-state index in [1.807, 2.05) is 0 Å². The number of piperidine rings is 1. The molecule has 2 aliphatic heterocycles. The zero-order valence-corrected chi connectivity index (χ0v) is 19.0. The van der Waals surface area contributed by atoms with Crippen molar-refractivity contribution in [3.05, 3.63) is 16.3 Å². The van der Waals surface area contributed by atoms with Crippen molar-refractivity contribution >= 4 is 27.3 Å². The Morgan fingerprint density at radius 1 is 1.21 bits per heavy atom. The number of thiophene rings is 1. The number of nitrogens with zero attached hydrogens (tertiary/aromatic N) is 2. The summed E-state index contributed by atoms with van der Waals surface area (Å²) < 4.78 is 27.3. The molecule has 3 heterocycles. The lowest BCUT2D eigenvalue weighted by Gasteiger charge is -2.45. The highest BCUT2D eigenvalue weighted by atomic mass is 32.2. The fourth-order valence-electron chi connectivity index (χ4n) is 4.38. The Hall–Kier alpha value is -0.960. The number of likely N-dealkylation sites (tertiary alicyclic amines) is 1. The predicted molar refractivity (Wildman–Crippen MR) is 113 cm³/mol. The van der Waals surface area contributed by atoms with Gasteiger partial charge in [-0.1, -0.05) is 13.8 Å². The highest BCUT2D eigenvalue weighted by Crippen LogP contribution is 2.29. The van der Waals surface area contributed by atoms with Crippen LogP contribution >= 0.6 is 11.3 Å². The van der Waals surface area contributed by atoms with Crippen molar-refractivity contribution in [1.29, 1.82) is 0 Å². The van der Waals surface area contributed by atoms with Crippen LogP contribution in [0.2, 0.25) is 0 Å². The molecule has 2 unspecified atom stereocenters. The van der Waals surface area contributed by atoms with Crippen molar-refractivity contribution in [3.8, 4) is 0 Å². The second kappa shape index (κ2) is 8.42. The second-order valence-corrected chi connectivity index (χ2v) is 11.9. The normalized spacial score (nSPS) is 25.1. The van der Waals surface area contributed by atoms with Crippen LogP contribution in [0.25, 0.3) is 0 Å². The molecular weight excluding hydrogens is 394 g/mol. The Labute approximate surface area is 173 Å². The number of nitrogens with one attached hydrogen (secondary N) is 1. The molecule has 8 heteroatoms. The summed E-state index contributed by atoms with van der Waals surface area (Å²) in [4.78, 5) is 15.7. The van der Waals surface area contributed by atoms with Gasteiger partial charge in [-0.2, -0.15) is 4.31 Å². The minimum absolute atomic E-state index is 0.148. The van der Waals surface area contributed by atoms with E-state index in [4.69, 9.17) is 0 Å². The van der Waals surface area contributed by atoms with Crippen LogP contribution < -0.4 is 5.32 Å². The van der Waals surface area contributed by atoms with Crippen molar-refractivity contribution in [2.24, 2.45) is 11.8 Å². The van der Waals surface area contributed by atoms with E-state index in [1.165, 1.54) is 22.1 Å². The quantitative estimate of drug-likeness (QED) is 0.758. The monoisotopic (exact) mass is 427 g/mol. The smallest absolute Gasteiger partial charge is 0.262 e. The Balaban J connectivity index is 1.68. The van der Waals surface area contributed by atoms with Crippen LogP contribution in [0.3, 0.4) is 0 Å². The van der Waals surface area contributed by atoms with Crippen LogP contribution in [0, 0.1) is 11.8 Å². The summed E-state index contributed by atoms with van der Waals surface area (Å²) in [5.74, 6) is 1.00. The summed E-state index contributed by atoms with van der Waals surface area (Å²) in [5.41, 5.74) is -0.177. The Kier molecular flexibility index (Phi) is 6.54. The number of rotatable bonds is 6. The maximum absolute atomic E-state index is 12.9. The van der Waals surface area contributed by atoms with Crippen LogP contribution in [0.1, 0.15) is 56.6 Å². The third kappa shape index (κ3) is 4.61. The molecule has 0 bridgehead atoms. The van der Waals surface area contributed by atoms with E-state index in [0.29, 0.717) is 36.3 Å². The van der Waals surface area contributed by atoms with E-state index >= 15 is 0 Å². The Morgan fingerprint density at radius 2 is 1.82 bits per heavy atom. The van der Waals surface area contributed by atoms with Crippen molar-refractivity contribution in [1.82, 2.24) is 14.5 Å². The van der Waals surface area contributed by atoms with Gasteiger partial charge in [-0.15, -0.1) is 11.3 Å². The van der Waals surface area contributed by atoms with Crippen LogP contribution in [-0.2, 0) is 10.0 Å². The SMILES string of the molecule is CC1CC(C)CN(C(C)(C)CNC(=O)c2sccc2S(=O)(=O)N2CCCC2)C1. The van der Waals surface area contributed by atoms with Crippen molar-refractivity contribution < 1.29 is 13.2 Å². The number of hydrogen-bond donors (Lipinski definition) is 1. The summed E-state index contributed by atoms with van der Waals surface area (Å²) in [6.07, 6.45) is 3.00. The lowest BCUT2D eigenvalue weighted by molar-refractivity contribution is 0.0445. The van der Waals surface area contributed by atoms with E-state index in [2.05, 4.69) is 37.9 Å². The number of carbonyl (C=O) groups excluding carboxylic acids is 1. The van der Waals surface area contributed by atoms with Crippen LogP contribution in [0.15, 0.2) is 16.3 Å². The number of hydrogen-bond acceptors (Lipinski definition) is 5. The average Bonchev–Trinajstić information content (AvgIpc) is 3.30. The van der Waals surface area contributed by atoms with Gasteiger partial charge in [-0.05, 0) is 56.4 Å². The summed E-state index contributed by atoms with van der Waals surface area (Å²) >= 11 is 1.20. The molecule has 1 amide bonds. The van der Waals surface area contributed by atoms with Gasteiger partial charge in [0.2, 0.25) is 10.0 Å². The first-order valence-corrected chi connectivity index (χ1v) is 12.5. The molecule has 0 radical (unpaired) electrons. The van der Waals surface area contributed by atoms with Crippen molar-refractivity contribution in [3.63, 3.8) is 0 Å². The first-order valence-electron chi connectivity index (χ1n) is 10.2. The molecule has 0 spiro atoms. The molecule has 2 aliphatic rings. The van der Waals surface area contributed by atoms with Crippen LogP contribution in [0.5, 0.6) is 0 Å². The van der Waals surface area contributed by atoms with Gasteiger partial charge in [0.15, 0.2) is 0 Å². The van der Waals surface area contributed by atoms with E-state index in [0.717, 1.165) is 25.9 Å². The maximum atomic E-state index is 12.9. The number of sulfonamides is 1. The van der Waals surface area contributed by atoms with E-state index in [1.54, 1.807) is 11.4 Å². The lowest BCUT2D eigenvalue weighted by atomic mass is 9.88. The van der Waals surface area contributed by atoms with E-state index in [9.17, 15) is 13.2 Å². The molecule has 0 aliphatic carbocycles. The zero-order chi connectivity index (χ0) is 20.5. The van der Waals surface area contributed by atoms with E-state index in [-0.39, 0.29) is 16.3 Å². The Morgan fingerprint density at radius 3 is 2.43 bits per heavy atom. The second-order valence-electron chi connectivity index (χ2n) is 9.07. The predicted octanol–water partition coefficient (Wildman–Crippen LogP) is 3.02. The molecule has 1 N–H and O–H groups in total. The maximum Gasteiger partial charge on any atom is 0.262 e. The molecule has 6 nitrogen and oxygen atoms in total. The summed E-state index contributed by atoms with van der Waals surface area (Å²) in [6, 6.07) is 1.56. The summed E-state index contributed by atoms with van der Waals surface area (Å²) in [5, 5.41) is 4.69. The average molecular weight is 428 g/mol.